The Kier molecular flexibility index (Phi) is 9.14. The van der Waals surface area contributed by atoms with Crippen molar-refractivity contribution in [2.75, 3.05) is 26.2 Å². The second-order valence-corrected chi connectivity index (χ2v) is 9.10. The Morgan fingerprint density at radius 1 is 1.10 bits per heavy atom. The summed E-state index contributed by atoms with van der Waals surface area (Å²) in [6.45, 7) is 9.29. The number of nitrogens with one attached hydrogen (secondary N) is 1. The number of likely N-dealkylation sites (tertiary alicyclic amines) is 1. The summed E-state index contributed by atoms with van der Waals surface area (Å²) < 4.78 is 12.8. The van der Waals surface area contributed by atoms with Crippen molar-refractivity contribution in [2.24, 2.45) is 0 Å². The quantitative estimate of drug-likeness (QED) is 0.402. The maximum atomic E-state index is 6.11. The third-order valence-electron chi connectivity index (χ3n) is 5.35. The standard InChI is InChI=1S/C23H29BrCl2N2O2/c1-3-28-9-5-6-18(28)14-27-13-17-10-19(24)23(22(12-17)29-4-2)30-15-16-7-8-20(25)21(26)11-16/h7-8,10-12,18,27H,3-6,9,13-15H2,1-2H3/t18-/m1/s1. The normalized spacial score (nSPS) is 16.8. The van der Waals surface area contributed by atoms with E-state index in [0.717, 1.165) is 41.0 Å². The highest BCUT2D eigenvalue weighted by Crippen LogP contribution is 2.37. The molecule has 0 unspecified atom stereocenters. The molecule has 0 amide bonds. The molecular weight excluding hydrogens is 487 g/mol. The van der Waals surface area contributed by atoms with E-state index in [9.17, 15) is 0 Å². The lowest BCUT2D eigenvalue weighted by molar-refractivity contribution is 0.259. The maximum Gasteiger partial charge on any atom is 0.175 e. The Bertz CT molecular complexity index is 850. The number of halogens is 3. The summed E-state index contributed by atoms with van der Waals surface area (Å²) >= 11 is 15.8. The molecule has 2 aromatic carbocycles. The van der Waals surface area contributed by atoms with Crippen molar-refractivity contribution in [3.05, 3.63) is 56.0 Å². The van der Waals surface area contributed by atoms with Gasteiger partial charge in [0.1, 0.15) is 6.61 Å². The molecule has 1 fully saturated rings. The molecule has 1 aliphatic rings. The van der Waals surface area contributed by atoms with Crippen LogP contribution in [-0.2, 0) is 13.2 Å². The van der Waals surface area contributed by atoms with Crippen LogP contribution in [-0.4, -0.2) is 37.2 Å². The number of benzene rings is 2. The molecule has 0 radical (unpaired) electrons. The Labute approximate surface area is 198 Å². The van der Waals surface area contributed by atoms with E-state index in [1.807, 2.05) is 19.1 Å². The van der Waals surface area contributed by atoms with Crippen LogP contribution in [0.15, 0.2) is 34.8 Å². The van der Waals surface area contributed by atoms with Gasteiger partial charge in [0.2, 0.25) is 0 Å². The topological polar surface area (TPSA) is 33.7 Å². The van der Waals surface area contributed by atoms with E-state index in [0.29, 0.717) is 35.1 Å². The predicted molar refractivity (Wildman–Crippen MR) is 128 cm³/mol. The van der Waals surface area contributed by atoms with Crippen LogP contribution in [0.1, 0.15) is 37.8 Å². The van der Waals surface area contributed by atoms with Gasteiger partial charge < -0.3 is 14.8 Å². The molecule has 164 valence electrons. The third kappa shape index (κ3) is 6.27. The smallest absolute Gasteiger partial charge is 0.175 e. The van der Waals surface area contributed by atoms with E-state index in [2.05, 4.69) is 45.2 Å². The molecule has 0 saturated carbocycles. The van der Waals surface area contributed by atoms with E-state index >= 15 is 0 Å². The molecule has 0 bridgehead atoms. The molecule has 1 heterocycles. The molecule has 1 saturated heterocycles. The molecule has 1 atom stereocenters. The molecule has 0 aliphatic carbocycles. The van der Waals surface area contributed by atoms with Crippen molar-refractivity contribution >= 4 is 39.1 Å². The second kappa shape index (κ2) is 11.6. The predicted octanol–water partition coefficient (Wildman–Crippen LogP) is 6.31. The van der Waals surface area contributed by atoms with Crippen LogP contribution < -0.4 is 14.8 Å². The van der Waals surface area contributed by atoms with Crippen molar-refractivity contribution in [3.8, 4) is 11.5 Å². The molecule has 3 rings (SSSR count). The van der Waals surface area contributed by atoms with Crippen molar-refractivity contribution in [1.29, 1.82) is 0 Å². The van der Waals surface area contributed by atoms with E-state index in [1.165, 1.54) is 19.4 Å². The summed E-state index contributed by atoms with van der Waals surface area (Å²) in [6.07, 6.45) is 2.57. The number of hydrogen-bond acceptors (Lipinski definition) is 4. The van der Waals surface area contributed by atoms with Gasteiger partial charge in [0.15, 0.2) is 11.5 Å². The largest absolute Gasteiger partial charge is 0.490 e. The summed E-state index contributed by atoms with van der Waals surface area (Å²) in [6, 6.07) is 10.3. The van der Waals surface area contributed by atoms with Gasteiger partial charge in [-0.1, -0.05) is 36.2 Å². The zero-order valence-electron chi connectivity index (χ0n) is 17.5. The molecule has 0 aromatic heterocycles. The Morgan fingerprint density at radius 2 is 1.93 bits per heavy atom. The lowest BCUT2D eigenvalue weighted by Gasteiger charge is -2.23. The number of ether oxygens (including phenoxy) is 2. The summed E-state index contributed by atoms with van der Waals surface area (Å²) in [5.41, 5.74) is 2.11. The van der Waals surface area contributed by atoms with Gasteiger partial charge in [-0.2, -0.15) is 0 Å². The molecule has 1 aliphatic heterocycles. The number of hydrogen-bond donors (Lipinski definition) is 1. The Balaban J connectivity index is 1.64. The van der Waals surface area contributed by atoms with Gasteiger partial charge in [-0.3, -0.25) is 4.90 Å². The van der Waals surface area contributed by atoms with Crippen LogP contribution in [0.5, 0.6) is 11.5 Å². The zero-order valence-corrected chi connectivity index (χ0v) is 20.6. The lowest BCUT2D eigenvalue weighted by Crippen LogP contribution is -2.37. The lowest BCUT2D eigenvalue weighted by atomic mass is 10.1. The zero-order chi connectivity index (χ0) is 21.5. The van der Waals surface area contributed by atoms with Gasteiger partial charge in [0, 0.05) is 19.1 Å². The first-order valence-corrected chi connectivity index (χ1v) is 12.0. The van der Waals surface area contributed by atoms with Gasteiger partial charge in [-0.05, 0) is 84.2 Å². The molecule has 7 heteroatoms. The van der Waals surface area contributed by atoms with Crippen molar-refractivity contribution < 1.29 is 9.47 Å². The van der Waals surface area contributed by atoms with Crippen molar-refractivity contribution in [3.63, 3.8) is 0 Å². The Morgan fingerprint density at radius 3 is 2.67 bits per heavy atom. The highest BCUT2D eigenvalue weighted by Gasteiger charge is 2.22. The molecule has 2 aromatic rings. The minimum atomic E-state index is 0.377. The molecule has 4 nitrogen and oxygen atoms in total. The van der Waals surface area contributed by atoms with Crippen LogP contribution >= 0.6 is 39.1 Å². The SMILES string of the molecule is CCOc1cc(CNC[C@H]2CCCN2CC)cc(Br)c1OCc1ccc(Cl)c(Cl)c1. The third-order valence-corrected chi connectivity index (χ3v) is 6.68. The number of rotatable bonds is 10. The second-order valence-electron chi connectivity index (χ2n) is 7.43. The fraction of sp³-hybridized carbons (Fsp3) is 0.478. The summed E-state index contributed by atoms with van der Waals surface area (Å²) in [5, 5.41) is 4.66. The Hall–Kier alpha value is -0.980. The van der Waals surface area contributed by atoms with E-state index in [4.69, 9.17) is 32.7 Å². The molecular formula is C23H29BrCl2N2O2. The highest BCUT2D eigenvalue weighted by atomic mass is 79.9. The summed E-state index contributed by atoms with van der Waals surface area (Å²) in [5.74, 6) is 1.43. The average Bonchev–Trinajstić information content (AvgIpc) is 3.18. The van der Waals surface area contributed by atoms with Gasteiger partial charge in [0.25, 0.3) is 0 Å². The first-order valence-electron chi connectivity index (χ1n) is 10.5. The van der Waals surface area contributed by atoms with Gasteiger partial charge in [0.05, 0.1) is 21.1 Å². The summed E-state index contributed by atoms with van der Waals surface area (Å²) in [7, 11) is 0. The monoisotopic (exact) mass is 514 g/mol. The fourth-order valence-corrected chi connectivity index (χ4v) is 4.76. The van der Waals surface area contributed by atoms with Crippen LogP contribution in [0, 0.1) is 0 Å². The van der Waals surface area contributed by atoms with Gasteiger partial charge in [-0.25, -0.2) is 0 Å². The van der Waals surface area contributed by atoms with Crippen molar-refractivity contribution in [1.82, 2.24) is 10.2 Å². The van der Waals surface area contributed by atoms with Crippen LogP contribution in [0.25, 0.3) is 0 Å². The minimum Gasteiger partial charge on any atom is -0.490 e. The van der Waals surface area contributed by atoms with E-state index in [1.54, 1.807) is 6.07 Å². The van der Waals surface area contributed by atoms with Gasteiger partial charge >= 0.3 is 0 Å². The molecule has 1 N–H and O–H groups in total. The fourth-order valence-electron chi connectivity index (χ4n) is 3.84. The number of nitrogens with zero attached hydrogens (tertiary/aromatic N) is 1. The maximum absolute atomic E-state index is 6.11. The average molecular weight is 516 g/mol. The minimum absolute atomic E-state index is 0.377. The van der Waals surface area contributed by atoms with Crippen LogP contribution in [0.4, 0.5) is 0 Å². The van der Waals surface area contributed by atoms with E-state index in [-0.39, 0.29) is 0 Å². The first kappa shape index (κ1) is 23.7. The number of likely N-dealkylation sites (N-methyl/N-ethyl adjacent to an activating group) is 1. The summed E-state index contributed by atoms with van der Waals surface area (Å²) in [4.78, 5) is 2.55. The highest BCUT2D eigenvalue weighted by molar-refractivity contribution is 9.10. The van der Waals surface area contributed by atoms with Gasteiger partial charge in [-0.15, -0.1) is 0 Å². The van der Waals surface area contributed by atoms with Crippen molar-refractivity contribution in [2.45, 2.75) is 45.9 Å². The van der Waals surface area contributed by atoms with E-state index < -0.39 is 0 Å². The first-order chi connectivity index (χ1) is 14.5. The van der Waals surface area contributed by atoms with Crippen LogP contribution in [0.3, 0.4) is 0 Å². The van der Waals surface area contributed by atoms with Crippen LogP contribution in [0.2, 0.25) is 10.0 Å². The molecule has 30 heavy (non-hydrogen) atoms. The molecule has 0 spiro atoms.